The monoisotopic (exact) mass is 405 g/mol. The lowest BCUT2D eigenvalue weighted by Gasteiger charge is -2.04. The fourth-order valence-corrected chi connectivity index (χ4v) is 3.20. The first-order valence-corrected chi connectivity index (χ1v) is 9.00. The molecule has 0 aliphatic carbocycles. The van der Waals surface area contributed by atoms with E-state index >= 15 is 0 Å². The standard InChI is InChI=1S/C22H16BrNO2/c1-25-20-11-9-18(23)13-17(20)8-12-22-24-19-14-16(7-10-21(19)26-22)15-5-3-2-4-6-15/h2-14H,1H3. The zero-order chi connectivity index (χ0) is 17.9. The molecule has 0 aliphatic heterocycles. The number of hydrogen-bond donors (Lipinski definition) is 0. The summed E-state index contributed by atoms with van der Waals surface area (Å²) in [5.41, 5.74) is 4.84. The summed E-state index contributed by atoms with van der Waals surface area (Å²) in [6.07, 6.45) is 3.79. The van der Waals surface area contributed by atoms with E-state index < -0.39 is 0 Å². The average Bonchev–Trinajstić information content (AvgIpc) is 3.09. The Balaban J connectivity index is 1.67. The minimum atomic E-state index is 0.562. The van der Waals surface area contributed by atoms with Crippen molar-refractivity contribution in [2.75, 3.05) is 7.11 Å². The lowest BCUT2D eigenvalue weighted by molar-refractivity contribution is 0.414. The van der Waals surface area contributed by atoms with Crippen molar-refractivity contribution in [2.24, 2.45) is 0 Å². The van der Waals surface area contributed by atoms with Gasteiger partial charge < -0.3 is 9.15 Å². The van der Waals surface area contributed by atoms with Crippen LogP contribution in [0.5, 0.6) is 5.75 Å². The van der Waals surface area contributed by atoms with E-state index in [0.29, 0.717) is 5.89 Å². The first kappa shape index (κ1) is 16.6. The molecule has 0 radical (unpaired) electrons. The molecule has 26 heavy (non-hydrogen) atoms. The fraction of sp³-hybridized carbons (Fsp3) is 0.0455. The molecule has 0 spiro atoms. The van der Waals surface area contributed by atoms with Crippen LogP contribution < -0.4 is 4.74 Å². The maximum Gasteiger partial charge on any atom is 0.220 e. The van der Waals surface area contributed by atoms with Crippen LogP contribution >= 0.6 is 15.9 Å². The molecule has 0 aliphatic rings. The van der Waals surface area contributed by atoms with E-state index in [1.165, 1.54) is 0 Å². The zero-order valence-electron chi connectivity index (χ0n) is 14.1. The SMILES string of the molecule is COc1ccc(Br)cc1C=Cc1nc2cc(-c3ccccc3)ccc2o1. The molecule has 0 bridgehead atoms. The molecular weight excluding hydrogens is 390 g/mol. The van der Waals surface area contributed by atoms with E-state index in [2.05, 4.69) is 33.0 Å². The quantitative estimate of drug-likeness (QED) is 0.391. The van der Waals surface area contributed by atoms with Gasteiger partial charge in [-0.1, -0.05) is 52.3 Å². The molecule has 1 heterocycles. The van der Waals surface area contributed by atoms with Crippen molar-refractivity contribution in [3.8, 4) is 16.9 Å². The minimum Gasteiger partial charge on any atom is -0.496 e. The van der Waals surface area contributed by atoms with E-state index in [0.717, 1.165) is 38.0 Å². The largest absolute Gasteiger partial charge is 0.496 e. The van der Waals surface area contributed by atoms with Gasteiger partial charge in [0.05, 0.1) is 7.11 Å². The molecular formula is C22H16BrNO2. The number of nitrogens with zero attached hydrogens (tertiary/aromatic N) is 1. The molecule has 0 N–H and O–H groups in total. The molecule has 0 amide bonds. The van der Waals surface area contributed by atoms with Gasteiger partial charge in [-0.15, -0.1) is 0 Å². The second-order valence-electron chi connectivity index (χ2n) is 5.82. The number of fused-ring (bicyclic) bond motifs is 1. The molecule has 3 aromatic carbocycles. The van der Waals surface area contributed by atoms with Crippen molar-refractivity contribution in [2.45, 2.75) is 0 Å². The Morgan fingerprint density at radius 3 is 2.58 bits per heavy atom. The molecule has 0 fully saturated rings. The normalized spacial score (nSPS) is 11.3. The van der Waals surface area contributed by atoms with Crippen LogP contribution in [-0.2, 0) is 0 Å². The van der Waals surface area contributed by atoms with Crippen LogP contribution in [0.4, 0.5) is 0 Å². The molecule has 3 nitrogen and oxygen atoms in total. The molecule has 4 aromatic rings. The van der Waals surface area contributed by atoms with Crippen LogP contribution in [0, 0.1) is 0 Å². The Hall–Kier alpha value is -2.85. The van der Waals surface area contributed by atoms with Crippen LogP contribution in [0.2, 0.25) is 0 Å². The average molecular weight is 406 g/mol. The Morgan fingerprint density at radius 2 is 1.77 bits per heavy atom. The summed E-state index contributed by atoms with van der Waals surface area (Å²) in [4.78, 5) is 4.59. The number of hydrogen-bond acceptors (Lipinski definition) is 3. The van der Waals surface area contributed by atoms with Crippen molar-refractivity contribution in [1.82, 2.24) is 4.98 Å². The summed E-state index contributed by atoms with van der Waals surface area (Å²) in [5.74, 6) is 1.36. The van der Waals surface area contributed by atoms with Crippen LogP contribution in [0.1, 0.15) is 11.5 Å². The van der Waals surface area contributed by atoms with Crippen molar-refractivity contribution in [3.63, 3.8) is 0 Å². The number of oxazole rings is 1. The van der Waals surface area contributed by atoms with Gasteiger partial charge in [0.1, 0.15) is 11.3 Å². The highest BCUT2D eigenvalue weighted by Crippen LogP contribution is 2.27. The van der Waals surface area contributed by atoms with Gasteiger partial charge in [-0.2, -0.15) is 0 Å². The molecule has 0 unspecified atom stereocenters. The fourth-order valence-electron chi connectivity index (χ4n) is 2.82. The van der Waals surface area contributed by atoms with Crippen LogP contribution in [0.25, 0.3) is 34.4 Å². The lowest BCUT2D eigenvalue weighted by Crippen LogP contribution is -1.86. The molecule has 1 aromatic heterocycles. The van der Waals surface area contributed by atoms with Crippen molar-refractivity contribution >= 4 is 39.2 Å². The zero-order valence-corrected chi connectivity index (χ0v) is 15.7. The summed E-state index contributed by atoms with van der Waals surface area (Å²) in [6, 6.07) is 22.2. The number of rotatable bonds is 4. The smallest absolute Gasteiger partial charge is 0.220 e. The molecule has 4 rings (SSSR count). The topological polar surface area (TPSA) is 35.3 Å². The number of benzene rings is 3. The van der Waals surface area contributed by atoms with E-state index in [1.54, 1.807) is 7.11 Å². The number of ether oxygens (including phenoxy) is 1. The Kier molecular flexibility index (Phi) is 4.59. The minimum absolute atomic E-state index is 0.562. The van der Waals surface area contributed by atoms with Crippen LogP contribution in [0.3, 0.4) is 0 Å². The summed E-state index contributed by atoms with van der Waals surface area (Å²) in [6.45, 7) is 0. The maximum atomic E-state index is 5.83. The van der Waals surface area contributed by atoms with Gasteiger partial charge in [-0.25, -0.2) is 4.98 Å². The van der Waals surface area contributed by atoms with Gasteiger partial charge in [0.15, 0.2) is 5.58 Å². The van der Waals surface area contributed by atoms with E-state index in [-0.39, 0.29) is 0 Å². The number of aromatic nitrogens is 1. The first-order chi connectivity index (χ1) is 12.7. The summed E-state index contributed by atoms with van der Waals surface area (Å²) in [5, 5.41) is 0. The van der Waals surface area contributed by atoms with Gasteiger partial charge in [0.25, 0.3) is 0 Å². The Bertz CT molecular complexity index is 1080. The Morgan fingerprint density at radius 1 is 0.923 bits per heavy atom. The highest BCUT2D eigenvalue weighted by atomic mass is 79.9. The van der Waals surface area contributed by atoms with Gasteiger partial charge in [0, 0.05) is 16.1 Å². The summed E-state index contributed by atoms with van der Waals surface area (Å²) >= 11 is 3.48. The first-order valence-electron chi connectivity index (χ1n) is 8.20. The highest BCUT2D eigenvalue weighted by Gasteiger charge is 2.06. The number of methoxy groups -OCH3 is 1. The third-order valence-corrected chi connectivity index (χ3v) is 4.60. The Labute approximate surface area is 160 Å². The van der Waals surface area contributed by atoms with Gasteiger partial charge in [-0.05, 0) is 47.5 Å². The third-order valence-electron chi connectivity index (χ3n) is 4.11. The van der Waals surface area contributed by atoms with Crippen LogP contribution in [-0.4, -0.2) is 12.1 Å². The second-order valence-corrected chi connectivity index (χ2v) is 6.74. The van der Waals surface area contributed by atoms with Crippen LogP contribution in [0.15, 0.2) is 75.6 Å². The number of halogens is 1. The second kappa shape index (κ2) is 7.18. The van der Waals surface area contributed by atoms with Crippen molar-refractivity contribution in [1.29, 1.82) is 0 Å². The predicted octanol–water partition coefficient (Wildman–Crippen LogP) is 6.44. The van der Waals surface area contributed by atoms with Crippen molar-refractivity contribution in [3.05, 3.63) is 82.7 Å². The third kappa shape index (κ3) is 3.41. The summed E-state index contributed by atoms with van der Waals surface area (Å²) in [7, 11) is 1.66. The van der Waals surface area contributed by atoms with E-state index in [9.17, 15) is 0 Å². The highest BCUT2D eigenvalue weighted by molar-refractivity contribution is 9.10. The molecule has 0 saturated carbocycles. The lowest BCUT2D eigenvalue weighted by atomic mass is 10.1. The van der Waals surface area contributed by atoms with Gasteiger partial charge in [-0.3, -0.25) is 0 Å². The predicted molar refractivity (Wildman–Crippen MR) is 109 cm³/mol. The maximum absolute atomic E-state index is 5.83. The van der Waals surface area contributed by atoms with Gasteiger partial charge in [0.2, 0.25) is 5.89 Å². The van der Waals surface area contributed by atoms with Gasteiger partial charge >= 0.3 is 0 Å². The molecule has 128 valence electrons. The van der Waals surface area contributed by atoms with Crippen molar-refractivity contribution < 1.29 is 9.15 Å². The molecule has 4 heteroatoms. The molecule has 0 atom stereocenters. The van der Waals surface area contributed by atoms with E-state index in [4.69, 9.17) is 9.15 Å². The van der Waals surface area contributed by atoms with E-state index in [1.807, 2.05) is 66.7 Å². The molecule has 0 saturated heterocycles. The summed E-state index contributed by atoms with van der Waals surface area (Å²) < 4.78 is 12.2.